The van der Waals surface area contributed by atoms with Crippen molar-refractivity contribution in [3.05, 3.63) is 17.0 Å². The van der Waals surface area contributed by atoms with Crippen molar-refractivity contribution in [2.24, 2.45) is 10.7 Å². The highest BCUT2D eigenvalue weighted by Gasteiger charge is 2.11. The molecule has 1 aromatic rings. The molecule has 0 unspecified atom stereocenters. The number of halogens is 1. The third-order valence-corrected chi connectivity index (χ3v) is 3.61. The highest BCUT2D eigenvalue weighted by molar-refractivity contribution is 14.0. The van der Waals surface area contributed by atoms with E-state index in [0.29, 0.717) is 12.5 Å². The van der Waals surface area contributed by atoms with Crippen LogP contribution in [0.2, 0.25) is 0 Å². The zero-order valence-corrected chi connectivity index (χ0v) is 14.1. The number of nitrogens with two attached hydrogens (primary N) is 1. The molecule has 0 spiro atoms. The monoisotopic (exact) mass is 377 g/mol. The van der Waals surface area contributed by atoms with E-state index < -0.39 is 0 Å². The Morgan fingerprint density at radius 1 is 1.26 bits per heavy atom. The summed E-state index contributed by atoms with van der Waals surface area (Å²) in [6.45, 7) is 6.72. The molecule has 1 aliphatic heterocycles. The molecule has 0 bridgehead atoms. The average molecular weight is 377 g/mol. The van der Waals surface area contributed by atoms with Gasteiger partial charge in [-0.05, 0) is 26.7 Å². The number of guanidine groups is 1. The molecule has 1 aromatic heterocycles. The van der Waals surface area contributed by atoms with E-state index in [1.165, 1.54) is 25.7 Å². The van der Waals surface area contributed by atoms with E-state index in [-0.39, 0.29) is 24.0 Å². The van der Waals surface area contributed by atoms with Crippen molar-refractivity contribution in [1.29, 1.82) is 0 Å². The Morgan fingerprint density at radius 3 is 2.42 bits per heavy atom. The summed E-state index contributed by atoms with van der Waals surface area (Å²) in [6.07, 6.45) is 5.06. The van der Waals surface area contributed by atoms with Crippen molar-refractivity contribution >= 4 is 29.9 Å². The van der Waals surface area contributed by atoms with Crippen molar-refractivity contribution < 1.29 is 0 Å². The first-order chi connectivity index (χ1) is 8.68. The second kappa shape index (κ2) is 7.72. The first-order valence-corrected chi connectivity index (χ1v) is 6.74. The van der Waals surface area contributed by atoms with Gasteiger partial charge in [0.1, 0.15) is 0 Å². The maximum Gasteiger partial charge on any atom is 0.191 e. The molecule has 0 amide bonds. The van der Waals surface area contributed by atoms with Gasteiger partial charge in [0, 0.05) is 24.3 Å². The lowest BCUT2D eigenvalue weighted by atomic mass is 10.2. The molecule has 2 rings (SSSR count). The van der Waals surface area contributed by atoms with Crippen LogP contribution in [0.15, 0.2) is 4.99 Å². The van der Waals surface area contributed by atoms with E-state index >= 15 is 0 Å². The molecule has 2 heterocycles. The van der Waals surface area contributed by atoms with Gasteiger partial charge in [0.25, 0.3) is 0 Å². The van der Waals surface area contributed by atoms with Crippen molar-refractivity contribution in [2.45, 2.75) is 46.1 Å². The minimum Gasteiger partial charge on any atom is -0.370 e. The molecule has 5 nitrogen and oxygen atoms in total. The van der Waals surface area contributed by atoms with Crippen LogP contribution in [0.25, 0.3) is 0 Å². The molecule has 0 atom stereocenters. The van der Waals surface area contributed by atoms with Gasteiger partial charge in [-0.2, -0.15) is 5.10 Å². The summed E-state index contributed by atoms with van der Waals surface area (Å²) in [6, 6.07) is 0. The fourth-order valence-corrected chi connectivity index (χ4v) is 2.37. The number of likely N-dealkylation sites (tertiary alicyclic amines) is 1. The number of rotatable bonds is 2. The first-order valence-electron chi connectivity index (χ1n) is 6.74. The minimum absolute atomic E-state index is 0. The van der Waals surface area contributed by atoms with E-state index in [0.717, 1.165) is 30.0 Å². The van der Waals surface area contributed by atoms with E-state index in [4.69, 9.17) is 5.73 Å². The lowest BCUT2D eigenvalue weighted by molar-refractivity contribution is 0.428. The summed E-state index contributed by atoms with van der Waals surface area (Å²) < 4.78 is 0. The van der Waals surface area contributed by atoms with Gasteiger partial charge >= 0.3 is 0 Å². The zero-order valence-electron chi connectivity index (χ0n) is 11.8. The van der Waals surface area contributed by atoms with E-state index in [2.05, 4.69) is 20.1 Å². The van der Waals surface area contributed by atoms with Crippen LogP contribution < -0.4 is 5.73 Å². The quantitative estimate of drug-likeness (QED) is 0.472. The highest BCUT2D eigenvalue weighted by Crippen LogP contribution is 2.12. The Balaban J connectivity index is 0.00000180. The maximum absolute atomic E-state index is 6.08. The second-order valence-electron chi connectivity index (χ2n) is 4.99. The number of nitrogens with zero attached hydrogens (tertiary/aromatic N) is 3. The third-order valence-electron chi connectivity index (χ3n) is 3.61. The molecule has 0 saturated carbocycles. The lowest BCUT2D eigenvalue weighted by Crippen LogP contribution is -2.38. The van der Waals surface area contributed by atoms with Gasteiger partial charge in [0.15, 0.2) is 5.96 Å². The molecule has 6 heteroatoms. The summed E-state index contributed by atoms with van der Waals surface area (Å²) >= 11 is 0. The predicted octanol–water partition coefficient (Wildman–Crippen LogP) is 2.34. The highest BCUT2D eigenvalue weighted by atomic mass is 127. The summed E-state index contributed by atoms with van der Waals surface area (Å²) in [7, 11) is 0. The van der Waals surface area contributed by atoms with Gasteiger partial charge < -0.3 is 10.6 Å². The van der Waals surface area contributed by atoms with Crippen LogP contribution in [0.1, 0.15) is 42.6 Å². The zero-order chi connectivity index (χ0) is 13.0. The Morgan fingerprint density at radius 2 is 1.89 bits per heavy atom. The molecule has 3 N–H and O–H groups in total. The number of aliphatic imine (C=N–C) groups is 1. The summed E-state index contributed by atoms with van der Waals surface area (Å²) in [5, 5.41) is 7.15. The molecule has 19 heavy (non-hydrogen) atoms. The fourth-order valence-electron chi connectivity index (χ4n) is 2.37. The standard InChI is InChI=1S/C13H23N5.HI/c1-10-12(11(2)17-16-10)9-15-13(14)18-7-5-3-4-6-8-18;/h3-9H2,1-2H3,(H2,14,15)(H,16,17);1H. The summed E-state index contributed by atoms with van der Waals surface area (Å²) in [4.78, 5) is 6.72. The van der Waals surface area contributed by atoms with Crippen LogP contribution in [-0.4, -0.2) is 34.1 Å². The first kappa shape index (κ1) is 16.3. The SMILES string of the molecule is Cc1n[nH]c(C)c1CN=C(N)N1CCCCCC1.I. The molecule has 1 aliphatic rings. The molecule has 0 radical (unpaired) electrons. The number of aromatic amines is 1. The topological polar surface area (TPSA) is 70.3 Å². The van der Waals surface area contributed by atoms with Gasteiger partial charge in [-0.15, -0.1) is 24.0 Å². The lowest BCUT2D eigenvalue weighted by Gasteiger charge is -2.21. The van der Waals surface area contributed by atoms with Gasteiger partial charge in [-0.25, -0.2) is 4.99 Å². The fraction of sp³-hybridized carbons (Fsp3) is 0.692. The predicted molar refractivity (Wildman–Crippen MR) is 88.8 cm³/mol. The molecule has 108 valence electrons. The van der Waals surface area contributed by atoms with Crippen molar-refractivity contribution in [1.82, 2.24) is 15.1 Å². The molecule has 1 saturated heterocycles. The van der Waals surface area contributed by atoms with Crippen LogP contribution >= 0.6 is 24.0 Å². The third kappa shape index (κ3) is 4.36. The molecule has 1 fully saturated rings. The van der Waals surface area contributed by atoms with Gasteiger partial charge in [0.2, 0.25) is 0 Å². The number of H-pyrrole nitrogens is 1. The summed E-state index contributed by atoms with van der Waals surface area (Å²) in [5.41, 5.74) is 9.34. The van der Waals surface area contributed by atoms with E-state index in [1.54, 1.807) is 0 Å². The van der Waals surface area contributed by atoms with Crippen molar-refractivity contribution in [3.63, 3.8) is 0 Å². The van der Waals surface area contributed by atoms with Crippen LogP contribution in [0.5, 0.6) is 0 Å². The van der Waals surface area contributed by atoms with Crippen molar-refractivity contribution in [2.75, 3.05) is 13.1 Å². The average Bonchev–Trinajstić information content (AvgIpc) is 2.61. The Labute approximate surface area is 132 Å². The Hall–Kier alpha value is -0.790. The molecule has 0 aromatic carbocycles. The van der Waals surface area contributed by atoms with Crippen LogP contribution in [0.4, 0.5) is 0 Å². The van der Waals surface area contributed by atoms with Gasteiger partial charge in [-0.1, -0.05) is 12.8 Å². The Bertz CT molecular complexity index is 399. The van der Waals surface area contributed by atoms with Crippen LogP contribution in [0, 0.1) is 13.8 Å². The number of nitrogens with one attached hydrogen (secondary N) is 1. The second-order valence-corrected chi connectivity index (χ2v) is 4.99. The maximum atomic E-state index is 6.08. The molecular weight excluding hydrogens is 353 g/mol. The van der Waals surface area contributed by atoms with Gasteiger partial charge in [0.05, 0.1) is 12.2 Å². The van der Waals surface area contributed by atoms with Crippen LogP contribution in [-0.2, 0) is 6.54 Å². The van der Waals surface area contributed by atoms with E-state index in [9.17, 15) is 0 Å². The Kier molecular flexibility index (Phi) is 6.60. The van der Waals surface area contributed by atoms with Crippen LogP contribution in [0.3, 0.4) is 0 Å². The molecule has 0 aliphatic carbocycles. The number of aromatic nitrogens is 2. The number of aryl methyl sites for hydroxylation is 2. The minimum atomic E-state index is 0. The molecular formula is C13H24IN5. The largest absolute Gasteiger partial charge is 0.370 e. The van der Waals surface area contributed by atoms with Gasteiger partial charge in [-0.3, -0.25) is 5.10 Å². The number of hydrogen-bond acceptors (Lipinski definition) is 2. The van der Waals surface area contributed by atoms with Crippen molar-refractivity contribution in [3.8, 4) is 0 Å². The normalized spacial score (nSPS) is 16.9. The van der Waals surface area contributed by atoms with E-state index in [1.807, 2.05) is 13.8 Å². The summed E-state index contributed by atoms with van der Waals surface area (Å²) in [5.74, 6) is 0.678. The number of hydrogen-bond donors (Lipinski definition) is 2. The smallest absolute Gasteiger partial charge is 0.191 e.